The van der Waals surface area contributed by atoms with Crippen molar-refractivity contribution < 1.29 is 9.53 Å². The van der Waals surface area contributed by atoms with Crippen LogP contribution in [0.3, 0.4) is 0 Å². The zero-order valence-electron chi connectivity index (χ0n) is 19.3. The fraction of sp³-hybridized carbons (Fsp3) is 0.346. The fourth-order valence-corrected chi connectivity index (χ4v) is 3.93. The minimum atomic E-state index is -0.155. The van der Waals surface area contributed by atoms with Gasteiger partial charge in [-0.05, 0) is 74.2 Å². The third-order valence-corrected chi connectivity index (χ3v) is 5.91. The molecule has 3 aromatic rings. The van der Waals surface area contributed by atoms with E-state index in [0.29, 0.717) is 36.0 Å². The Bertz CT molecular complexity index is 1090. The third-order valence-electron chi connectivity index (χ3n) is 5.91. The predicted octanol–water partition coefficient (Wildman–Crippen LogP) is 4.48. The molecule has 2 aromatic heterocycles. The van der Waals surface area contributed by atoms with E-state index in [1.54, 1.807) is 6.07 Å². The van der Waals surface area contributed by atoms with Gasteiger partial charge in [-0.25, -0.2) is 9.97 Å². The van der Waals surface area contributed by atoms with E-state index >= 15 is 0 Å². The van der Waals surface area contributed by atoms with Crippen LogP contribution in [0, 0.1) is 12.8 Å². The number of nitrogens with two attached hydrogens (primary N) is 1. The van der Waals surface area contributed by atoms with Gasteiger partial charge < -0.3 is 20.7 Å². The van der Waals surface area contributed by atoms with Gasteiger partial charge in [-0.3, -0.25) is 4.79 Å². The molecule has 172 valence electrons. The lowest BCUT2D eigenvalue weighted by Crippen LogP contribution is -2.35. The number of hydrogen-bond acceptors (Lipinski definition) is 6. The number of rotatable bonds is 7. The number of aryl methyl sites for hydroxylation is 1. The minimum absolute atomic E-state index is 0.155. The summed E-state index contributed by atoms with van der Waals surface area (Å²) in [7, 11) is 0. The summed E-state index contributed by atoms with van der Waals surface area (Å²) in [4.78, 5) is 24.3. The fourth-order valence-electron chi connectivity index (χ4n) is 3.93. The number of amides is 1. The summed E-state index contributed by atoms with van der Waals surface area (Å²) in [5, 5.41) is 3.00. The van der Waals surface area contributed by atoms with Gasteiger partial charge in [0.2, 0.25) is 0 Å². The summed E-state index contributed by atoms with van der Waals surface area (Å²) in [6.45, 7) is 6.58. The van der Waals surface area contributed by atoms with Crippen LogP contribution in [0.15, 0.2) is 54.6 Å². The summed E-state index contributed by atoms with van der Waals surface area (Å²) < 4.78 is 5.80. The van der Waals surface area contributed by atoms with Gasteiger partial charge in [-0.2, -0.15) is 0 Å². The summed E-state index contributed by atoms with van der Waals surface area (Å²) >= 11 is 0. The van der Waals surface area contributed by atoms with Gasteiger partial charge in [0.15, 0.2) is 0 Å². The SMILES string of the molecule is Cc1ccc(C(=O)Nc2ccc(OCCc3cccc(N)n3)cc2)c(N2CCC(C)CC2)n1. The Morgan fingerprint density at radius 3 is 2.58 bits per heavy atom. The topological polar surface area (TPSA) is 93.4 Å². The third kappa shape index (κ3) is 6.00. The average Bonchev–Trinajstić information content (AvgIpc) is 2.81. The van der Waals surface area contributed by atoms with E-state index < -0.39 is 0 Å². The maximum Gasteiger partial charge on any atom is 0.259 e. The number of benzene rings is 1. The van der Waals surface area contributed by atoms with Gasteiger partial charge in [0.25, 0.3) is 5.91 Å². The lowest BCUT2D eigenvalue weighted by molar-refractivity contribution is 0.102. The number of nitrogen functional groups attached to an aromatic ring is 1. The molecule has 0 bridgehead atoms. The van der Waals surface area contributed by atoms with E-state index in [9.17, 15) is 4.79 Å². The van der Waals surface area contributed by atoms with Crippen LogP contribution < -0.4 is 20.7 Å². The Balaban J connectivity index is 1.37. The highest BCUT2D eigenvalue weighted by Crippen LogP contribution is 2.26. The van der Waals surface area contributed by atoms with Crippen LogP contribution in [0.2, 0.25) is 0 Å². The van der Waals surface area contributed by atoms with E-state index in [1.807, 2.05) is 55.5 Å². The van der Waals surface area contributed by atoms with Gasteiger partial charge >= 0.3 is 0 Å². The molecule has 1 aromatic carbocycles. The molecule has 0 aliphatic carbocycles. The number of carbonyl (C=O) groups is 1. The van der Waals surface area contributed by atoms with Crippen molar-refractivity contribution in [3.63, 3.8) is 0 Å². The molecule has 0 radical (unpaired) electrons. The van der Waals surface area contributed by atoms with Crippen LogP contribution in [0.5, 0.6) is 5.75 Å². The van der Waals surface area contributed by atoms with Crippen LogP contribution in [-0.2, 0) is 6.42 Å². The Labute approximate surface area is 195 Å². The lowest BCUT2D eigenvalue weighted by atomic mass is 9.99. The van der Waals surface area contributed by atoms with Crippen molar-refractivity contribution in [2.45, 2.75) is 33.1 Å². The molecule has 1 saturated heterocycles. The van der Waals surface area contributed by atoms with Crippen LogP contribution >= 0.6 is 0 Å². The number of hydrogen-bond donors (Lipinski definition) is 2. The molecular weight excluding hydrogens is 414 g/mol. The average molecular weight is 446 g/mol. The quantitative estimate of drug-likeness (QED) is 0.557. The zero-order valence-corrected chi connectivity index (χ0v) is 19.3. The van der Waals surface area contributed by atoms with E-state index in [4.69, 9.17) is 15.5 Å². The molecule has 0 atom stereocenters. The number of nitrogens with zero attached hydrogens (tertiary/aromatic N) is 3. The highest BCUT2D eigenvalue weighted by atomic mass is 16.5. The molecule has 3 heterocycles. The van der Waals surface area contributed by atoms with E-state index in [0.717, 1.165) is 48.9 Å². The van der Waals surface area contributed by atoms with Crippen LogP contribution in [-0.4, -0.2) is 35.6 Å². The van der Waals surface area contributed by atoms with Crippen molar-refractivity contribution in [3.05, 3.63) is 71.5 Å². The normalized spacial score (nSPS) is 14.2. The molecule has 1 aliphatic heterocycles. The van der Waals surface area contributed by atoms with Gasteiger partial charge in [0.1, 0.15) is 17.4 Å². The largest absolute Gasteiger partial charge is 0.493 e. The lowest BCUT2D eigenvalue weighted by Gasteiger charge is -2.32. The monoisotopic (exact) mass is 445 g/mol. The molecule has 0 saturated carbocycles. The maximum atomic E-state index is 13.1. The van der Waals surface area contributed by atoms with E-state index in [2.05, 4.69) is 22.1 Å². The standard InChI is InChI=1S/C26H31N5O2/c1-18-12-15-31(16-13-18)25-23(11-6-19(2)28-25)26(32)30-21-7-9-22(10-8-21)33-17-14-20-4-3-5-24(27)29-20/h3-11,18H,12-17H2,1-2H3,(H2,27,29)(H,30,32). The highest BCUT2D eigenvalue weighted by molar-refractivity contribution is 6.07. The Morgan fingerprint density at radius 2 is 1.85 bits per heavy atom. The van der Waals surface area contributed by atoms with Gasteiger partial charge in [0, 0.05) is 36.6 Å². The molecule has 7 heteroatoms. The molecule has 7 nitrogen and oxygen atoms in total. The first kappa shape index (κ1) is 22.6. The number of piperidine rings is 1. The van der Waals surface area contributed by atoms with Crippen molar-refractivity contribution in [3.8, 4) is 5.75 Å². The number of aromatic nitrogens is 2. The van der Waals surface area contributed by atoms with Gasteiger partial charge in [-0.15, -0.1) is 0 Å². The second kappa shape index (κ2) is 10.3. The van der Waals surface area contributed by atoms with Gasteiger partial charge in [-0.1, -0.05) is 13.0 Å². The molecule has 1 amide bonds. The first-order valence-electron chi connectivity index (χ1n) is 11.5. The highest BCUT2D eigenvalue weighted by Gasteiger charge is 2.22. The smallest absolute Gasteiger partial charge is 0.259 e. The Morgan fingerprint density at radius 1 is 1.09 bits per heavy atom. The maximum absolute atomic E-state index is 13.1. The molecular formula is C26H31N5O2. The summed E-state index contributed by atoms with van der Waals surface area (Å²) in [6.07, 6.45) is 2.90. The van der Waals surface area contributed by atoms with Crippen molar-refractivity contribution in [2.75, 3.05) is 35.6 Å². The second-order valence-electron chi connectivity index (χ2n) is 8.62. The second-order valence-corrected chi connectivity index (χ2v) is 8.62. The van der Waals surface area contributed by atoms with Crippen LogP contribution in [0.25, 0.3) is 0 Å². The summed E-state index contributed by atoms with van der Waals surface area (Å²) in [5.41, 5.74) is 8.83. The van der Waals surface area contributed by atoms with E-state index in [-0.39, 0.29) is 5.91 Å². The molecule has 0 unspecified atom stereocenters. The predicted molar refractivity (Wildman–Crippen MR) is 132 cm³/mol. The van der Waals surface area contributed by atoms with Crippen molar-refractivity contribution in [1.29, 1.82) is 0 Å². The number of carbonyl (C=O) groups excluding carboxylic acids is 1. The molecule has 1 fully saturated rings. The first-order valence-corrected chi connectivity index (χ1v) is 11.5. The summed E-state index contributed by atoms with van der Waals surface area (Å²) in [6, 6.07) is 16.7. The molecule has 1 aliphatic rings. The zero-order chi connectivity index (χ0) is 23.2. The number of ether oxygens (including phenoxy) is 1. The number of nitrogens with one attached hydrogen (secondary N) is 1. The van der Waals surface area contributed by atoms with Crippen LogP contribution in [0.1, 0.15) is 41.5 Å². The number of anilines is 3. The van der Waals surface area contributed by atoms with E-state index in [1.165, 1.54) is 0 Å². The molecule has 3 N–H and O–H groups in total. The Kier molecular flexibility index (Phi) is 7.07. The first-order chi connectivity index (χ1) is 16.0. The molecule has 33 heavy (non-hydrogen) atoms. The minimum Gasteiger partial charge on any atom is -0.493 e. The molecule has 0 spiro atoms. The van der Waals surface area contributed by atoms with Crippen LogP contribution in [0.4, 0.5) is 17.3 Å². The summed E-state index contributed by atoms with van der Waals surface area (Å²) in [5.74, 6) is 2.57. The van der Waals surface area contributed by atoms with Crippen molar-refractivity contribution in [2.24, 2.45) is 5.92 Å². The van der Waals surface area contributed by atoms with Crippen molar-refractivity contribution in [1.82, 2.24) is 9.97 Å². The van der Waals surface area contributed by atoms with Gasteiger partial charge in [0.05, 0.1) is 12.2 Å². The number of pyridine rings is 2. The molecule has 4 rings (SSSR count). The Hall–Kier alpha value is -3.61. The van der Waals surface area contributed by atoms with Crippen molar-refractivity contribution >= 4 is 23.2 Å².